The van der Waals surface area contributed by atoms with Crippen LogP contribution in [0.3, 0.4) is 0 Å². The van der Waals surface area contributed by atoms with E-state index in [0.717, 1.165) is 45.3 Å². The topological polar surface area (TPSA) is 46.5 Å². The van der Waals surface area contributed by atoms with Crippen LogP contribution < -0.4 is 0 Å². The molecule has 0 bridgehead atoms. The maximum absolute atomic E-state index is 10.3. The smallest absolute Gasteiger partial charge is 0.303 e. The maximum atomic E-state index is 10.3. The van der Waals surface area contributed by atoms with Gasteiger partial charge in [0.2, 0.25) is 0 Å². The van der Waals surface area contributed by atoms with Gasteiger partial charge in [0.15, 0.2) is 0 Å². The first kappa shape index (κ1) is 16.4. The summed E-state index contributed by atoms with van der Waals surface area (Å²) in [6.45, 7) is 3.98. The van der Waals surface area contributed by atoms with Gasteiger partial charge in [-0.3, -0.25) is 4.79 Å². The van der Waals surface area contributed by atoms with Gasteiger partial charge < -0.3 is 9.84 Å². The highest BCUT2D eigenvalue weighted by molar-refractivity contribution is 5.66. The van der Waals surface area contributed by atoms with Gasteiger partial charge in [0.1, 0.15) is 0 Å². The van der Waals surface area contributed by atoms with Gasteiger partial charge in [-0.2, -0.15) is 0 Å². The molecule has 0 aromatic carbocycles. The fourth-order valence-electron chi connectivity index (χ4n) is 1.74. The van der Waals surface area contributed by atoms with Crippen molar-refractivity contribution in [1.82, 2.24) is 0 Å². The summed E-state index contributed by atoms with van der Waals surface area (Å²) in [5.41, 5.74) is 0. The summed E-state index contributed by atoms with van der Waals surface area (Å²) in [5, 5.41) is 8.45. The zero-order valence-corrected chi connectivity index (χ0v) is 11.2. The zero-order chi connectivity index (χ0) is 12.8. The lowest BCUT2D eigenvalue weighted by molar-refractivity contribution is -0.137. The number of unbranched alkanes of at least 4 members (excludes halogenated alkanes) is 7. The number of aliphatic carboxylic acids is 1. The summed E-state index contributed by atoms with van der Waals surface area (Å²) in [6.07, 6.45) is 10.6. The molecule has 1 N–H and O–H groups in total. The average Bonchev–Trinajstić information content (AvgIpc) is 2.30. The van der Waals surface area contributed by atoms with Gasteiger partial charge >= 0.3 is 5.97 Å². The Hall–Kier alpha value is -0.570. The van der Waals surface area contributed by atoms with Crippen LogP contribution >= 0.6 is 0 Å². The molecule has 0 aliphatic rings. The van der Waals surface area contributed by atoms with Crippen molar-refractivity contribution in [3.05, 3.63) is 0 Å². The Morgan fingerprint density at radius 1 is 0.882 bits per heavy atom. The third kappa shape index (κ3) is 15.4. The largest absolute Gasteiger partial charge is 0.481 e. The minimum atomic E-state index is -0.680. The molecule has 0 aliphatic heterocycles. The monoisotopic (exact) mass is 244 g/mol. The summed E-state index contributed by atoms with van der Waals surface area (Å²) < 4.78 is 5.53. The molecule has 0 saturated carbocycles. The highest BCUT2D eigenvalue weighted by atomic mass is 16.5. The van der Waals surface area contributed by atoms with Crippen LogP contribution in [0.15, 0.2) is 0 Å². The maximum Gasteiger partial charge on any atom is 0.303 e. The first-order valence-electron chi connectivity index (χ1n) is 7.07. The van der Waals surface area contributed by atoms with E-state index in [1.165, 1.54) is 25.7 Å². The van der Waals surface area contributed by atoms with Crippen molar-refractivity contribution in [2.75, 3.05) is 13.2 Å². The van der Waals surface area contributed by atoms with E-state index in [9.17, 15) is 4.79 Å². The summed E-state index contributed by atoms with van der Waals surface area (Å²) in [5.74, 6) is -0.680. The molecular formula is C14H28O3. The Balaban J connectivity index is 2.91. The molecule has 0 aromatic heterocycles. The molecule has 0 aromatic rings. The predicted octanol–water partition coefficient (Wildman–Crippen LogP) is 4.01. The number of ether oxygens (including phenoxy) is 1. The van der Waals surface area contributed by atoms with Crippen LogP contribution in [0.5, 0.6) is 0 Å². The molecular weight excluding hydrogens is 216 g/mol. The Morgan fingerprint density at radius 2 is 1.41 bits per heavy atom. The molecule has 0 saturated heterocycles. The average molecular weight is 244 g/mol. The van der Waals surface area contributed by atoms with Gasteiger partial charge in [0, 0.05) is 19.6 Å². The minimum Gasteiger partial charge on any atom is -0.481 e. The predicted molar refractivity (Wildman–Crippen MR) is 70.3 cm³/mol. The summed E-state index contributed by atoms with van der Waals surface area (Å²) in [7, 11) is 0. The van der Waals surface area contributed by atoms with Crippen molar-refractivity contribution < 1.29 is 14.6 Å². The fraction of sp³-hybridized carbons (Fsp3) is 0.929. The first-order valence-corrected chi connectivity index (χ1v) is 7.07. The lowest BCUT2D eigenvalue weighted by atomic mass is 10.1. The molecule has 0 radical (unpaired) electrons. The van der Waals surface area contributed by atoms with Gasteiger partial charge in [0.05, 0.1) is 0 Å². The Bertz CT molecular complexity index is 169. The molecule has 102 valence electrons. The van der Waals surface area contributed by atoms with E-state index in [1.54, 1.807) is 0 Å². The van der Waals surface area contributed by atoms with Crippen LogP contribution in [-0.2, 0) is 9.53 Å². The van der Waals surface area contributed by atoms with Crippen molar-refractivity contribution in [2.24, 2.45) is 0 Å². The Kier molecular flexibility index (Phi) is 13.0. The molecule has 0 unspecified atom stereocenters. The molecule has 0 heterocycles. The third-order valence-electron chi connectivity index (χ3n) is 2.82. The SMILES string of the molecule is CCCCCCOCCCCCCCC(=O)O. The van der Waals surface area contributed by atoms with Crippen LogP contribution in [0.25, 0.3) is 0 Å². The third-order valence-corrected chi connectivity index (χ3v) is 2.82. The second-order valence-corrected chi connectivity index (χ2v) is 4.58. The number of carboxylic acid groups (broad SMARTS) is 1. The number of hydrogen-bond acceptors (Lipinski definition) is 2. The molecule has 0 amide bonds. The van der Waals surface area contributed by atoms with Crippen molar-refractivity contribution in [3.8, 4) is 0 Å². The van der Waals surface area contributed by atoms with E-state index in [-0.39, 0.29) is 0 Å². The fourth-order valence-corrected chi connectivity index (χ4v) is 1.74. The Labute approximate surface area is 106 Å². The summed E-state index contributed by atoms with van der Waals surface area (Å²) in [4.78, 5) is 10.3. The molecule has 17 heavy (non-hydrogen) atoms. The van der Waals surface area contributed by atoms with Gasteiger partial charge in [-0.1, -0.05) is 45.4 Å². The molecule has 0 spiro atoms. The van der Waals surface area contributed by atoms with Crippen molar-refractivity contribution in [1.29, 1.82) is 0 Å². The zero-order valence-electron chi connectivity index (χ0n) is 11.2. The van der Waals surface area contributed by atoms with Crippen molar-refractivity contribution >= 4 is 5.97 Å². The minimum absolute atomic E-state index is 0.313. The molecule has 3 nitrogen and oxygen atoms in total. The number of carboxylic acids is 1. The van der Waals surface area contributed by atoms with E-state index < -0.39 is 5.97 Å². The normalized spacial score (nSPS) is 10.6. The highest BCUT2D eigenvalue weighted by Crippen LogP contribution is 2.06. The standard InChI is InChI=1S/C14H28O3/c1-2-3-4-9-12-17-13-10-7-5-6-8-11-14(15)16/h2-13H2,1H3,(H,15,16). The number of hydrogen-bond donors (Lipinski definition) is 1. The van der Waals surface area contributed by atoms with Crippen molar-refractivity contribution in [2.45, 2.75) is 71.1 Å². The Morgan fingerprint density at radius 3 is 2.00 bits per heavy atom. The van der Waals surface area contributed by atoms with Crippen LogP contribution in [0.4, 0.5) is 0 Å². The van der Waals surface area contributed by atoms with Crippen LogP contribution in [0, 0.1) is 0 Å². The molecule has 0 atom stereocenters. The molecule has 0 aliphatic carbocycles. The van der Waals surface area contributed by atoms with Gasteiger partial charge in [0.25, 0.3) is 0 Å². The van der Waals surface area contributed by atoms with E-state index in [2.05, 4.69) is 6.92 Å². The number of rotatable bonds is 13. The van der Waals surface area contributed by atoms with Gasteiger partial charge in [-0.05, 0) is 19.3 Å². The second-order valence-electron chi connectivity index (χ2n) is 4.58. The van der Waals surface area contributed by atoms with Crippen molar-refractivity contribution in [3.63, 3.8) is 0 Å². The van der Waals surface area contributed by atoms with E-state index in [1.807, 2.05) is 0 Å². The van der Waals surface area contributed by atoms with Gasteiger partial charge in [-0.25, -0.2) is 0 Å². The molecule has 3 heteroatoms. The van der Waals surface area contributed by atoms with Crippen LogP contribution in [0.2, 0.25) is 0 Å². The number of carbonyl (C=O) groups is 1. The van der Waals surface area contributed by atoms with Gasteiger partial charge in [-0.15, -0.1) is 0 Å². The summed E-state index contributed by atoms with van der Waals surface area (Å²) >= 11 is 0. The van der Waals surface area contributed by atoms with E-state index >= 15 is 0 Å². The molecule has 0 fully saturated rings. The van der Waals surface area contributed by atoms with E-state index in [0.29, 0.717) is 6.42 Å². The lowest BCUT2D eigenvalue weighted by Gasteiger charge is -2.04. The first-order chi connectivity index (χ1) is 8.27. The van der Waals surface area contributed by atoms with E-state index in [4.69, 9.17) is 9.84 Å². The molecule has 0 rings (SSSR count). The van der Waals surface area contributed by atoms with Crippen LogP contribution in [0.1, 0.15) is 71.1 Å². The lowest BCUT2D eigenvalue weighted by Crippen LogP contribution is -1.97. The van der Waals surface area contributed by atoms with Crippen LogP contribution in [-0.4, -0.2) is 24.3 Å². The summed E-state index contributed by atoms with van der Waals surface area (Å²) in [6, 6.07) is 0. The quantitative estimate of drug-likeness (QED) is 0.498. The highest BCUT2D eigenvalue weighted by Gasteiger charge is 1.96. The second kappa shape index (κ2) is 13.5.